The van der Waals surface area contributed by atoms with Crippen LogP contribution in [0.1, 0.15) is 25.5 Å². The largest absolute Gasteiger partial charge is 0.481 e. The predicted molar refractivity (Wildman–Crippen MR) is 72.8 cm³/mol. The van der Waals surface area contributed by atoms with Crippen molar-refractivity contribution < 1.29 is 4.74 Å². The summed E-state index contributed by atoms with van der Waals surface area (Å²) in [4.78, 5) is 7.00. The molecule has 1 unspecified atom stereocenters. The van der Waals surface area contributed by atoms with Crippen LogP contribution in [0, 0.1) is 0 Å². The van der Waals surface area contributed by atoms with Crippen molar-refractivity contribution in [2.75, 3.05) is 26.7 Å². The highest BCUT2D eigenvalue weighted by Gasteiger charge is 2.24. The van der Waals surface area contributed by atoms with Gasteiger partial charge in [0.05, 0.1) is 12.8 Å². The molecule has 18 heavy (non-hydrogen) atoms. The molecule has 2 heterocycles. The van der Waals surface area contributed by atoms with E-state index in [1.54, 1.807) is 7.11 Å². The average molecular weight is 249 g/mol. The first-order valence-electron chi connectivity index (χ1n) is 6.78. The van der Waals surface area contributed by atoms with Gasteiger partial charge in [-0.05, 0) is 32.0 Å². The first-order valence-corrected chi connectivity index (χ1v) is 6.78. The smallest absolute Gasteiger partial charge is 0.213 e. The van der Waals surface area contributed by atoms with Crippen LogP contribution in [-0.4, -0.2) is 42.7 Å². The minimum Gasteiger partial charge on any atom is -0.481 e. The summed E-state index contributed by atoms with van der Waals surface area (Å²) in [5, 5.41) is 3.44. The summed E-state index contributed by atoms with van der Waals surface area (Å²) in [6.45, 7) is 6.38. The molecule has 100 valence electrons. The minimum atomic E-state index is 0.651. The van der Waals surface area contributed by atoms with E-state index in [4.69, 9.17) is 4.74 Å². The van der Waals surface area contributed by atoms with Gasteiger partial charge in [0.15, 0.2) is 0 Å². The molecule has 0 aromatic carbocycles. The molecule has 2 rings (SSSR count). The van der Waals surface area contributed by atoms with E-state index in [9.17, 15) is 0 Å². The summed E-state index contributed by atoms with van der Waals surface area (Å²) in [6.07, 6.45) is 2.58. The van der Waals surface area contributed by atoms with E-state index in [0.717, 1.165) is 25.3 Å². The van der Waals surface area contributed by atoms with Crippen molar-refractivity contribution >= 4 is 0 Å². The Labute approximate surface area is 109 Å². The van der Waals surface area contributed by atoms with E-state index in [-0.39, 0.29) is 0 Å². The molecule has 0 aliphatic carbocycles. The molecule has 0 amide bonds. The van der Waals surface area contributed by atoms with Gasteiger partial charge in [0.25, 0.3) is 0 Å². The monoisotopic (exact) mass is 249 g/mol. The third-order valence-electron chi connectivity index (χ3n) is 3.48. The highest BCUT2D eigenvalue weighted by molar-refractivity contribution is 5.15. The SMILES string of the molecule is CCNCC1CCCN1Cc1cccc(OC)n1. The van der Waals surface area contributed by atoms with E-state index >= 15 is 0 Å². The van der Waals surface area contributed by atoms with Crippen molar-refractivity contribution in [1.29, 1.82) is 0 Å². The predicted octanol–water partition coefficient (Wildman–Crippen LogP) is 1.66. The molecule has 1 N–H and O–H groups in total. The number of pyridine rings is 1. The van der Waals surface area contributed by atoms with Crippen molar-refractivity contribution in [1.82, 2.24) is 15.2 Å². The van der Waals surface area contributed by atoms with Crippen LogP contribution in [0.4, 0.5) is 0 Å². The standard InChI is InChI=1S/C14H23N3O/c1-3-15-10-13-7-5-9-17(13)11-12-6-4-8-14(16-12)18-2/h4,6,8,13,15H,3,5,7,9-11H2,1-2H3. The van der Waals surface area contributed by atoms with Gasteiger partial charge in [-0.15, -0.1) is 0 Å². The fraction of sp³-hybridized carbons (Fsp3) is 0.643. The summed E-state index contributed by atoms with van der Waals surface area (Å²) in [5.74, 6) is 0.704. The molecule has 0 radical (unpaired) electrons. The number of nitrogens with one attached hydrogen (secondary N) is 1. The fourth-order valence-corrected chi connectivity index (χ4v) is 2.51. The second-order valence-electron chi connectivity index (χ2n) is 4.75. The van der Waals surface area contributed by atoms with Gasteiger partial charge in [0.2, 0.25) is 5.88 Å². The van der Waals surface area contributed by atoms with Crippen molar-refractivity contribution in [3.05, 3.63) is 23.9 Å². The van der Waals surface area contributed by atoms with Gasteiger partial charge in [0, 0.05) is 25.2 Å². The summed E-state index contributed by atoms with van der Waals surface area (Å²) in [7, 11) is 1.66. The van der Waals surface area contributed by atoms with Gasteiger partial charge in [-0.1, -0.05) is 13.0 Å². The Kier molecular flexibility index (Phi) is 4.96. The van der Waals surface area contributed by atoms with Crippen LogP contribution in [0.25, 0.3) is 0 Å². The zero-order chi connectivity index (χ0) is 12.8. The molecule has 1 aromatic rings. The second kappa shape index (κ2) is 6.71. The third kappa shape index (κ3) is 3.43. The van der Waals surface area contributed by atoms with Gasteiger partial charge in [-0.25, -0.2) is 4.98 Å². The van der Waals surface area contributed by atoms with E-state index in [2.05, 4.69) is 28.2 Å². The first kappa shape index (κ1) is 13.3. The Morgan fingerprint density at radius 3 is 3.17 bits per heavy atom. The Bertz CT molecular complexity index is 370. The summed E-state index contributed by atoms with van der Waals surface area (Å²) < 4.78 is 5.17. The molecule has 4 nitrogen and oxygen atoms in total. The molecule has 0 bridgehead atoms. The number of likely N-dealkylation sites (tertiary alicyclic amines) is 1. The molecule has 1 saturated heterocycles. The molecule has 1 atom stereocenters. The molecule has 0 spiro atoms. The van der Waals surface area contributed by atoms with E-state index in [1.165, 1.54) is 19.4 Å². The lowest BCUT2D eigenvalue weighted by molar-refractivity contribution is 0.236. The van der Waals surface area contributed by atoms with Crippen LogP contribution in [0.15, 0.2) is 18.2 Å². The van der Waals surface area contributed by atoms with Crippen LogP contribution in [0.3, 0.4) is 0 Å². The Morgan fingerprint density at radius 1 is 1.50 bits per heavy atom. The summed E-state index contributed by atoms with van der Waals surface area (Å²) in [6, 6.07) is 6.63. The van der Waals surface area contributed by atoms with Gasteiger partial charge in [-0.3, -0.25) is 4.90 Å². The summed E-state index contributed by atoms with van der Waals surface area (Å²) in [5.41, 5.74) is 1.10. The average Bonchev–Trinajstić information content (AvgIpc) is 2.84. The number of ether oxygens (including phenoxy) is 1. The summed E-state index contributed by atoms with van der Waals surface area (Å²) >= 11 is 0. The van der Waals surface area contributed by atoms with E-state index in [1.807, 2.05) is 12.1 Å². The molecule has 1 fully saturated rings. The number of aromatic nitrogens is 1. The van der Waals surface area contributed by atoms with Crippen LogP contribution >= 0.6 is 0 Å². The Morgan fingerprint density at radius 2 is 2.39 bits per heavy atom. The normalized spacial score (nSPS) is 20.2. The fourth-order valence-electron chi connectivity index (χ4n) is 2.51. The lowest BCUT2D eigenvalue weighted by Gasteiger charge is -2.24. The maximum Gasteiger partial charge on any atom is 0.213 e. The maximum atomic E-state index is 5.17. The van der Waals surface area contributed by atoms with Gasteiger partial charge in [0.1, 0.15) is 0 Å². The lowest BCUT2D eigenvalue weighted by atomic mass is 10.2. The Hall–Kier alpha value is -1.13. The minimum absolute atomic E-state index is 0.651. The van der Waals surface area contributed by atoms with E-state index in [0.29, 0.717) is 11.9 Å². The molecule has 0 saturated carbocycles. The van der Waals surface area contributed by atoms with E-state index < -0.39 is 0 Å². The molecule has 1 aliphatic rings. The topological polar surface area (TPSA) is 37.4 Å². The van der Waals surface area contributed by atoms with Crippen molar-refractivity contribution in [2.45, 2.75) is 32.4 Å². The van der Waals surface area contributed by atoms with Crippen LogP contribution in [0.5, 0.6) is 5.88 Å². The van der Waals surface area contributed by atoms with Crippen LogP contribution in [0.2, 0.25) is 0 Å². The number of rotatable bonds is 6. The molecule has 1 aliphatic heterocycles. The quantitative estimate of drug-likeness (QED) is 0.832. The van der Waals surface area contributed by atoms with Crippen LogP contribution in [-0.2, 0) is 6.54 Å². The lowest BCUT2D eigenvalue weighted by Crippen LogP contribution is -2.37. The number of hydrogen-bond acceptors (Lipinski definition) is 4. The zero-order valence-electron chi connectivity index (χ0n) is 11.4. The maximum absolute atomic E-state index is 5.17. The first-order chi connectivity index (χ1) is 8.83. The molecular weight excluding hydrogens is 226 g/mol. The Balaban J connectivity index is 1.94. The van der Waals surface area contributed by atoms with Crippen molar-refractivity contribution in [2.24, 2.45) is 0 Å². The third-order valence-corrected chi connectivity index (χ3v) is 3.48. The van der Waals surface area contributed by atoms with Crippen molar-refractivity contribution in [3.63, 3.8) is 0 Å². The van der Waals surface area contributed by atoms with Gasteiger partial charge < -0.3 is 10.1 Å². The van der Waals surface area contributed by atoms with Gasteiger partial charge >= 0.3 is 0 Å². The number of likely N-dealkylation sites (N-methyl/N-ethyl adjacent to an activating group) is 1. The van der Waals surface area contributed by atoms with Gasteiger partial charge in [-0.2, -0.15) is 0 Å². The van der Waals surface area contributed by atoms with Crippen LogP contribution < -0.4 is 10.1 Å². The second-order valence-corrected chi connectivity index (χ2v) is 4.75. The number of hydrogen-bond donors (Lipinski definition) is 1. The molecular formula is C14H23N3O. The number of methoxy groups -OCH3 is 1. The number of nitrogens with zero attached hydrogens (tertiary/aromatic N) is 2. The molecule has 4 heteroatoms. The highest BCUT2D eigenvalue weighted by atomic mass is 16.5. The zero-order valence-corrected chi connectivity index (χ0v) is 11.4. The van der Waals surface area contributed by atoms with Crippen molar-refractivity contribution in [3.8, 4) is 5.88 Å². The molecule has 1 aromatic heterocycles. The highest BCUT2D eigenvalue weighted by Crippen LogP contribution is 2.19.